The van der Waals surface area contributed by atoms with Gasteiger partial charge in [0.2, 0.25) is 0 Å². The Kier molecular flexibility index (Phi) is 2.28. The zero-order valence-electron chi connectivity index (χ0n) is 7.59. The van der Waals surface area contributed by atoms with Crippen molar-refractivity contribution in [2.24, 2.45) is 0 Å². The third-order valence-corrected chi connectivity index (χ3v) is 1.84. The van der Waals surface area contributed by atoms with E-state index < -0.39 is 0 Å². The summed E-state index contributed by atoms with van der Waals surface area (Å²) in [5.41, 5.74) is 1.90. The lowest BCUT2D eigenvalue weighted by Crippen LogP contribution is -1.99. The SMILES string of the molecule is C#CCn1ncc(-c2ccccc2)n1. The van der Waals surface area contributed by atoms with Crippen LogP contribution in [0.1, 0.15) is 0 Å². The topological polar surface area (TPSA) is 30.7 Å². The first kappa shape index (κ1) is 8.52. The second kappa shape index (κ2) is 3.75. The first-order valence-corrected chi connectivity index (χ1v) is 4.29. The maximum absolute atomic E-state index is 5.16. The highest BCUT2D eigenvalue weighted by atomic mass is 15.5. The normalized spacial score (nSPS) is 9.64. The summed E-state index contributed by atoms with van der Waals surface area (Å²) in [6, 6.07) is 9.88. The standard InChI is InChI=1S/C11H9N3/c1-2-8-14-12-9-11(13-14)10-6-4-3-5-7-10/h1,3-7,9H,8H2. The molecule has 2 rings (SSSR count). The number of benzene rings is 1. The van der Waals surface area contributed by atoms with Crippen LogP contribution in [0, 0.1) is 12.3 Å². The quantitative estimate of drug-likeness (QED) is 0.662. The fourth-order valence-corrected chi connectivity index (χ4v) is 1.20. The Morgan fingerprint density at radius 1 is 1.29 bits per heavy atom. The van der Waals surface area contributed by atoms with E-state index in [4.69, 9.17) is 6.42 Å². The molecule has 0 N–H and O–H groups in total. The number of aromatic nitrogens is 3. The molecule has 68 valence electrons. The minimum absolute atomic E-state index is 0.410. The highest BCUT2D eigenvalue weighted by Crippen LogP contribution is 2.13. The van der Waals surface area contributed by atoms with Gasteiger partial charge in [-0.15, -0.1) is 6.42 Å². The molecule has 0 aliphatic heterocycles. The molecule has 14 heavy (non-hydrogen) atoms. The molecule has 0 amide bonds. The molecule has 0 fully saturated rings. The van der Waals surface area contributed by atoms with E-state index in [1.165, 1.54) is 4.80 Å². The Bertz CT molecular complexity index is 451. The fourth-order valence-electron chi connectivity index (χ4n) is 1.20. The van der Waals surface area contributed by atoms with Gasteiger partial charge in [-0.3, -0.25) is 0 Å². The van der Waals surface area contributed by atoms with Gasteiger partial charge in [0.1, 0.15) is 12.2 Å². The van der Waals surface area contributed by atoms with Gasteiger partial charge in [-0.05, 0) is 0 Å². The molecule has 1 aromatic carbocycles. The van der Waals surface area contributed by atoms with Crippen molar-refractivity contribution in [1.29, 1.82) is 0 Å². The van der Waals surface area contributed by atoms with Gasteiger partial charge >= 0.3 is 0 Å². The van der Waals surface area contributed by atoms with Crippen LogP contribution in [-0.2, 0) is 6.54 Å². The molecule has 1 heterocycles. The summed E-state index contributed by atoms with van der Waals surface area (Å²) in [6.07, 6.45) is 6.87. The maximum Gasteiger partial charge on any atom is 0.121 e. The van der Waals surface area contributed by atoms with Gasteiger partial charge in [0, 0.05) is 5.56 Å². The Morgan fingerprint density at radius 2 is 2.07 bits per heavy atom. The van der Waals surface area contributed by atoms with Crippen molar-refractivity contribution in [3.63, 3.8) is 0 Å². The summed E-state index contributed by atoms with van der Waals surface area (Å²) in [5, 5.41) is 8.28. The van der Waals surface area contributed by atoms with Crippen LogP contribution >= 0.6 is 0 Å². The lowest BCUT2D eigenvalue weighted by molar-refractivity contribution is 0.614. The van der Waals surface area contributed by atoms with E-state index in [2.05, 4.69) is 16.1 Å². The van der Waals surface area contributed by atoms with E-state index in [1.54, 1.807) is 6.20 Å². The monoisotopic (exact) mass is 183 g/mol. The Morgan fingerprint density at radius 3 is 2.79 bits per heavy atom. The Balaban J connectivity index is 2.31. The van der Waals surface area contributed by atoms with Crippen molar-refractivity contribution in [3.8, 4) is 23.6 Å². The van der Waals surface area contributed by atoms with Gasteiger partial charge in [0.15, 0.2) is 0 Å². The van der Waals surface area contributed by atoms with Crippen LogP contribution in [0.4, 0.5) is 0 Å². The van der Waals surface area contributed by atoms with Crippen LogP contribution in [0.2, 0.25) is 0 Å². The number of hydrogen-bond donors (Lipinski definition) is 0. The van der Waals surface area contributed by atoms with Crippen molar-refractivity contribution in [2.75, 3.05) is 0 Å². The summed E-state index contributed by atoms with van der Waals surface area (Å²) in [4.78, 5) is 1.50. The van der Waals surface area contributed by atoms with Crippen molar-refractivity contribution < 1.29 is 0 Å². The van der Waals surface area contributed by atoms with E-state index in [-0.39, 0.29) is 0 Å². The molecule has 2 aromatic rings. The highest BCUT2D eigenvalue weighted by Gasteiger charge is 2.00. The molecule has 0 saturated carbocycles. The average molecular weight is 183 g/mol. The van der Waals surface area contributed by atoms with Gasteiger partial charge in [0.25, 0.3) is 0 Å². The lowest BCUT2D eigenvalue weighted by atomic mass is 10.2. The zero-order valence-corrected chi connectivity index (χ0v) is 7.59. The van der Waals surface area contributed by atoms with E-state index in [0.717, 1.165) is 11.3 Å². The number of hydrogen-bond acceptors (Lipinski definition) is 2. The number of nitrogens with zero attached hydrogens (tertiary/aromatic N) is 3. The smallest absolute Gasteiger partial charge is 0.121 e. The third kappa shape index (κ3) is 1.64. The fraction of sp³-hybridized carbons (Fsp3) is 0.0909. The predicted molar refractivity (Wildman–Crippen MR) is 54.3 cm³/mol. The Labute approximate surface area is 82.4 Å². The molecular weight excluding hydrogens is 174 g/mol. The number of terminal acetylenes is 1. The van der Waals surface area contributed by atoms with Crippen molar-refractivity contribution in [1.82, 2.24) is 15.0 Å². The molecule has 0 unspecified atom stereocenters. The van der Waals surface area contributed by atoms with Crippen LogP contribution in [0.5, 0.6) is 0 Å². The lowest BCUT2D eigenvalue weighted by Gasteiger charge is -1.93. The van der Waals surface area contributed by atoms with Crippen molar-refractivity contribution >= 4 is 0 Å². The molecule has 0 saturated heterocycles. The molecule has 3 nitrogen and oxygen atoms in total. The highest BCUT2D eigenvalue weighted by molar-refractivity contribution is 5.56. The molecule has 0 radical (unpaired) electrons. The second-order valence-electron chi connectivity index (χ2n) is 2.83. The third-order valence-electron chi connectivity index (χ3n) is 1.84. The van der Waals surface area contributed by atoms with Crippen LogP contribution in [0.3, 0.4) is 0 Å². The van der Waals surface area contributed by atoms with Gasteiger partial charge in [-0.1, -0.05) is 36.3 Å². The van der Waals surface area contributed by atoms with Gasteiger partial charge in [-0.2, -0.15) is 15.0 Å². The molecule has 0 bridgehead atoms. The molecule has 0 aliphatic rings. The van der Waals surface area contributed by atoms with Crippen LogP contribution in [0.25, 0.3) is 11.3 Å². The first-order valence-electron chi connectivity index (χ1n) is 4.29. The molecule has 0 atom stereocenters. The minimum Gasteiger partial charge on any atom is -0.172 e. The molecule has 0 aliphatic carbocycles. The van der Waals surface area contributed by atoms with Crippen LogP contribution in [-0.4, -0.2) is 15.0 Å². The average Bonchev–Trinajstić information content (AvgIpc) is 2.68. The summed E-state index contributed by atoms with van der Waals surface area (Å²) in [7, 11) is 0. The molecular formula is C11H9N3. The zero-order chi connectivity index (χ0) is 9.80. The summed E-state index contributed by atoms with van der Waals surface area (Å²) in [5.74, 6) is 2.49. The van der Waals surface area contributed by atoms with E-state index in [9.17, 15) is 0 Å². The minimum atomic E-state index is 0.410. The maximum atomic E-state index is 5.16. The van der Waals surface area contributed by atoms with Crippen molar-refractivity contribution in [2.45, 2.75) is 6.54 Å². The van der Waals surface area contributed by atoms with E-state index in [1.807, 2.05) is 30.3 Å². The molecule has 0 spiro atoms. The molecule has 1 aromatic heterocycles. The van der Waals surface area contributed by atoms with Gasteiger partial charge in [0.05, 0.1) is 6.20 Å². The molecule has 3 heteroatoms. The first-order chi connectivity index (χ1) is 6.90. The largest absolute Gasteiger partial charge is 0.172 e. The summed E-state index contributed by atoms with van der Waals surface area (Å²) in [6.45, 7) is 0.410. The van der Waals surface area contributed by atoms with E-state index >= 15 is 0 Å². The van der Waals surface area contributed by atoms with Gasteiger partial charge < -0.3 is 0 Å². The summed E-state index contributed by atoms with van der Waals surface area (Å²) < 4.78 is 0. The van der Waals surface area contributed by atoms with E-state index in [0.29, 0.717) is 6.54 Å². The second-order valence-corrected chi connectivity index (χ2v) is 2.83. The predicted octanol–water partition coefficient (Wildman–Crippen LogP) is 1.58. The number of rotatable bonds is 2. The van der Waals surface area contributed by atoms with Crippen LogP contribution < -0.4 is 0 Å². The van der Waals surface area contributed by atoms with Crippen LogP contribution in [0.15, 0.2) is 36.5 Å². The summed E-state index contributed by atoms with van der Waals surface area (Å²) >= 11 is 0. The Hall–Kier alpha value is -2.08. The van der Waals surface area contributed by atoms with Gasteiger partial charge in [-0.25, -0.2) is 0 Å². The van der Waals surface area contributed by atoms with Crippen molar-refractivity contribution in [3.05, 3.63) is 36.5 Å².